The number of nitrogens with zero attached hydrogens (tertiary/aromatic N) is 1. The molecule has 1 N–H and O–H groups in total. The topological polar surface area (TPSA) is 49.4 Å². The molecule has 2 amide bonds. The number of carbonyl (C=O) groups is 2. The number of para-hydroxylation sites is 1. The quantitative estimate of drug-likeness (QED) is 0.801. The van der Waals surface area contributed by atoms with Crippen LogP contribution >= 0.6 is 0 Å². The zero-order valence-electron chi connectivity index (χ0n) is 15.9. The van der Waals surface area contributed by atoms with E-state index in [-0.39, 0.29) is 18.4 Å². The van der Waals surface area contributed by atoms with Gasteiger partial charge in [0.2, 0.25) is 11.8 Å². The Bertz CT molecular complexity index is 787. The lowest BCUT2D eigenvalue weighted by Gasteiger charge is -2.16. The predicted molar refractivity (Wildman–Crippen MR) is 107 cm³/mol. The number of benzene rings is 2. The highest BCUT2D eigenvalue weighted by atomic mass is 16.2. The predicted octanol–water partition coefficient (Wildman–Crippen LogP) is 3.98. The van der Waals surface area contributed by atoms with Gasteiger partial charge in [-0.15, -0.1) is 0 Å². The van der Waals surface area contributed by atoms with Crippen molar-refractivity contribution in [1.82, 2.24) is 4.90 Å². The third-order valence-corrected chi connectivity index (χ3v) is 4.31. The van der Waals surface area contributed by atoms with Crippen molar-refractivity contribution in [3.63, 3.8) is 0 Å². The van der Waals surface area contributed by atoms with Crippen molar-refractivity contribution in [3.05, 3.63) is 70.8 Å². The van der Waals surface area contributed by atoms with E-state index in [0.29, 0.717) is 0 Å². The summed E-state index contributed by atoms with van der Waals surface area (Å²) in [6.07, 6.45) is 4.25. The molecular formula is C22H26N2O2. The number of hydrogen-bond acceptors (Lipinski definition) is 2. The Morgan fingerprint density at radius 1 is 1.04 bits per heavy atom. The first-order chi connectivity index (χ1) is 12.4. The molecule has 2 aromatic rings. The van der Waals surface area contributed by atoms with Crippen molar-refractivity contribution < 1.29 is 9.59 Å². The number of anilines is 1. The van der Waals surface area contributed by atoms with E-state index in [1.807, 2.05) is 56.3 Å². The third kappa shape index (κ3) is 5.31. The van der Waals surface area contributed by atoms with E-state index in [1.165, 1.54) is 16.5 Å². The molecule has 2 aromatic carbocycles. The Hall–Kier alpha value is -2.88. The molecule has 0 atom stereocenters. The summed E-state index contributed by atoms with van der Waals surface area (Å²) in [4.78, 5) is 25.9. The fraction of sp³-hybridized carbons (Fsp3) is 0.273. The molecule has 136 valence electrons. The van der Waals surface area contributed by atoms with Crippen LogP contribution in [0.25, 0.3) is 6.08 Å². The van der Waals surface area contributed by atoms with Gasteiger partial charge in [0.15, 0.2) is 0 Å². The van der Waals surface area contributed by atoms with E-state index in [1.54, 1.807) is 13.1 Å². The summed E-state index contributed by atoms with van der Waals surface area (Å²) in [6, 6.07) is 13.9. The summed E-state index contributed by atoms with van der Waals surface area (Å²) < 4.78 is 0. The van der Waals surface area contributed by atoms with Gasteiger partial charge in [0.25, 0.3) is 0 Å². The van der Waals surface area contributed by atoms with Gasteiger partial charge in [-0.3, -0.25) is 9.59 Å². The summed E-state index contributed by atoms with van der Waals surface area (Å²) in [6.45, 7) is 6.01. The molecule has 2 rings (SSSR count). The Labute approximate surface area is 155 Å². The summed E-state index contributed by atoms with van der Waals surface area (Å²) >= 11 is 0. The highest BCUT2D eigenvalue weighted by Crippen LogP contribution is 2.19. The van der Waals surface area contributed by atoms with Crippen LogP contribution in [0.2, 0.25) is 0 Å². The van der Waals surface area contributed by atoms with Crippen LogP contribution in [0.3, 0.4) is 0 Å². The van der Waals surface area contributed by atoms with Crippen LogP contribution in [-0.4, -0.2) is 30.3 Å². The molecular weight excluding hydrogens is 324 g/mol. The molecule has 0 aromatic heterocycles. The number of hydrogen-bond donors (Lipinski definition) is 1. The normalized spacial score (nSPS) is 10.8. The summed E-state index contributed by atoms with van der Waals surface area (Å²) in [5.74, 6) is -0.417. The van der Waals surface area contributed by atoms with E-state index in [0.717, 1.165) is 28.8 Å². The standard InChI is InChI=1S/C22H26N2O2/c1-5-18-9-11-19(12-10-18)13-14-21(26)24(4)15-20(25)23-22-16(2)7-6-8-17(22)3/h6-14H,5,15H2,1-4H3,(H,23,25)/b14-13+. The minimum absolute atomic E-state index is 0.00567. The summed E-state index contributed by atoms with van der Waals surface area (Å²) in [7, 11) is 1.62. The highest BCUT2D eigenvalue weighted by molar-refractivity contribution is 5.98. The molecule has 4 nitrogen and oxygen atoms in total. The van der Waals surface area contributed by atoms with Gasteiger partial charge < -0.3 is 10.2 Å². The summed E-state index contributed by atoms with van der Waals surface area (Å²) in [5.41, 5.74) is 5.04. The number of carbonyl (C=O) groups excluding carboxylic acids is 2. The molecule has 4 heteroatoms. The van der Waals surface area contributed by atoms with Crippen LogP contribution in [-0.2, 0) is 16.0 Å². The molecule has 0 fully saturated rings. The van der Waals surface area contributed by atoms with Gasteiger partial charge in [0.1, 0.15) is 0 Å². The van der Waals surface area contributed by atoms with Crippen molar-refractivity contribution in [1.29, 1.82) is 0 Å². The Kier molecular flexibility index (Phi) is 6.73. The SMILES string of the molecule is CCc1ccc(/C=C/C(=O)N(C)CC(=O)Nc2c(C)cccc2C)cc1. The minimum Gasteiger partial charge on any atom is -0.333 e. The number of aryl methyl sites for hydroxylation is 3. The second-order valence-electron chi connectivity index (χ2n) is 6.44. The second-order valence-corrected chi connectivity index (χ2v) is 6.44. The van der Waals surface area contributed by atoms with Crippen molar-refractivity contribution in [2.45, 2.75) is 27.2 Å². The smallest absolute Gasteiger partial charge is 0.246 e. The zero-order chi connectivity index (χ0) is 19.1. The molecule has 26 heavy (non-hydrogen) atoms. The molecule has 0 radical (unpaired) electrons. The van der Waals surface area contributed by atoms with Crippen molar-refractivity contribution >= 4 is 23.6 Å². The van der Waals surface area contributed by atoms with Crippen molar-refractivity contribution in [2.24, 2.45) is 0 Å². The average molecular weight is 350 g/mol. The Morgan fingerprint density at radius 3 is 2.23 bits per heavy atom. The maximum absolute atomic E-state index is 12.2. The molecule has 0 spiro atoms. The van der Waals surface area contributed by atoms with Crippen LogP contribution in [0.5, 0.6) is 0 Å². The van der Waals surface area contributed by atoms with Gasteiger partial charge in [-0.25, -0.2) is 0 Å². The number of rotatable bonds is 6. The Balaban J connectivity index is 1.93. The number of amides is 2. The molecule has 0 aliphatic rings. The first-order valence-corrected chi connectivity index (χ1v) is 8.79. The van der Waals surface area contributed by atoms with E-state index >= 15 is 0 Å². The van der Waals surface area contributed by atoms with Crippen molar-refractivity contribution in [3.8, 4) is 0 Å². The largest absolute Gasteiger partial charge is 0.333 e. The lowest BCUT2D eigenvalue weighted by atomic mass is 10.1. The zero-order valence-corrected chi connectivity index (χ0v) is 15.9. The minimum atomic E-state index is -0.209. The molecule has 0 aliphatic heterocycles. The first kappa shape index (κ1) is 19.4. The third-order valence-electron chi connectivity index (χ3n) is 4.31. The molecule has 0 heterocycles. The highest BCUT2D eigenvalue weighted by Gasteiger charge is 2.12. The molecule has 0 saturated heterocycles. The molecule has 0 unspecified atom stereocenters. The molecule has 0 saturated carbocycles. The van der Waals surface area contributed by atoms with Crippen LogP contribution < -0.4 is 5.32 Å². The lowest BCUT2D eigenvalue weighted by Crippen LogP contribution is -2.34. The number of likely N-dealkylation sites (N-methyl/N-ethyl adjacent to an activating group) is 1. The maximum Gasteiger partial charge on any atom is 0.246 e. The second kappa shape index (κ2) is 8.99. The fourth-order valence-corrected chi connectivity index (χ4v) is 2.64. The van der Waals surface area contributed by atoms with Gasteiger partial charge in [-0.05, 0) is 48.6 Å². The molecule has 0 aliphatic carbocycles. The van der Waals surface area contributed by atoms with E-state index in [2.05, 4.69) is 12.2 Å². The first-order valence-electron chi connectivity index (χ1n) is 8.79. The average Bonchev–Trinajstić information content (AvgIpc) is 2.63. The van der Waals surface area contributed by atoms with Gasteiger partial charge in [0.05, 0.1) is 6.54 Å². The lowest BCUT2D eigenvalue weighted by molar-refractivity contribution is -0.129. The van der Waals surface area contributed by atoms with Gasteiger partial charge >= 0.3 is 0 Å². The fourth-order valence-electron chi connectivity index (χ4n) is 2.64. The van der Waals surface area contributed by atoms with E-state index in [4.69, 9.17) is 0 Å². The van der Waals surface area contributed by atoms with Crippen molar-refractivity contribution in [2.75, 3.05) is 18.9 Å². The van der Waals surface area contributed by atoms with Crippen LogP contribution in [0, 0.1) is 13.8 Å². The molecule has 0 bridgehead atoms. The van der Waals surface area contributed by atoms with E-state index in [9.17, 15) is 9.59 Å². The maximum atomic E-state index is 12.2. The summed E-state index contributed by atoms with van der Waals surface area (Å²) in [5, 5.41) is 2.89. The van der Waals surface area contributed by atoms with Gasteiger partial charge in [-0.1, -0.05) is 49.4 Å². The van der Waals surface area contributed by atoms with Crippen LogP contribution in [0.15, 0.2) is 48.5 Å². The van der Waals surface area contributed by atoms with Crippen LogP contribution in [0.4, 0.5) is 5.69 Å². The van der Waals surface area contributed by atoms with Gasteiger partial charge in [0, 0.05) is 18.8 Å². The van der Waals surface area contributed by atoms with Gasteiger partial charge in [-0.2, -0.15) is 0 Å². The van der Waals surface area contributed by atoms with E-state index < -0.39 is 0 Å². The van der Waals surface area contributed by atoms with Crippen LogP contribution in [0.1, 0.15) is 29.2 Å². The number of nitrogens with one attached hydrogen (secondary N) is 1. The monoisotopic (exact) mass is 350 g/mol. The Morgan fingerprint density at radius 2 is 1.65 bits per heavy atom.